The van der Waals surface area contributed by atoms with Crippen LogP contribution in [-0.2, 0) is 19.5 Å². The van der Waals surface area contributed by atoms with Gasteiger partial charge >= 0.3 is 0 Å². The van der Waals surface area contributed by atoms with Crippen molar-refractivity contribution in [1.82, 2.24) is 15.0 Å². The van der Waals surface area contributed by atoms with Crippen LogP contribution in [0.5, 0.6) is 5.75 Å². The third-order valence-electron chi connectivity index (χ3n) is 5.11. The molecule has 6 nitrogen and oxygen atoms in total. The average Bonchev–Trinajstić information content (AvgIpc) is 2.73. The Labute approximate surface area is 165 Å². The van der Waals surface area contributed by atoms with Crippen LogP contribution in [0.3, 0.4) is 0 Å². The molecule has 0 amide bonds. The number of aromatic nitrogens is 3. The zero-order chi connectivity index (χ0) is 19.5. The van der Waals surface area contributed by atoms with Gasteiger partial charge < -0.3 is 14.5 Å². The molecule has 4 rings (SSSR count). The zero-order valence-electron chi connectivity index (χ0n) is 16.6. The van der Waals surface area contributed by atoms with E-state index < -0.39 is 0 Å². The molecule has 1 aliphatic rings. The van der Waals surface area contributed by atoms with Crippen molar-refractivity contribution >= 4 is 11.6 Å². The summed E-state index contributed by atoms with van der Waals surface area (Å²) in [5.41, 5.74) is 4.66. The smallest absolute Gasteiger partial charge is 0.137 e. The summed E-state index contributed by atoms with van der Waals surface area (Å²) in [5.74, 6) is 2.85. The number of aryl methyl sites for hydroxylation is 1. The Bertz CT molecular complexity index is 957. The van der Waals surface area contributed by atoms with Gasteiger partial charge in [-0.1, -0.05) is 18.2 Å². The highest BCUT2D eigenvalue weighted by molar-refractivity contribution is 5.53. The number of fused-ring (bicyclic) bond motifs is 1. The quantitative estimate of drug-likeness (QED) is 0.681. The molecule has 0 bridgehead atoms. The van der Waals surface area contributed by atoms with Gasteiger partial charge in [-0.15, -0.1) is 0 Å². The summed E-state index contributed by atoms with van der Waals surface area (Å²) in [4.78, 5) is 18.2. The van der Waals surface area contributed by atoms with Gasteiger partial charge in [-0.05, 0) is 36.2 Å². The lowest BCUT2D eigenvalue weighted by molar-refractivity contribution is 0.414. The molecule has 3 heterocycles. The topological polar surface area (TPSA) is 54.4 Å². The summed E-state index contributed by atoms with van der Waals surface area (Å²) >= 11 is 0. The fourth-order valence-electron chi connectivity index (χ4n) is 3.62. The second-order valence-electron chi connectivity index (χ2n) is 7.20. The van der Waals surface area contributed by atoms with E-state index in [-0.39, 0.29) is 0 Å². The molecule has 0 unspecified atom stereocenters. The minimum absolute atomic E-state index is 0.753. The van der Waals surface area contributed by atoms with Gasteiger partial charge in [-0.3, -0.25) is 0 Å². The number of hydrogen-bond acceptors (Lipinski definition) is 6. The lowest BCUT2D eigenvalue weighted by Gasteiger charge is -2.32. The number of rotatable bonds is 5. The van der Waals surface area contributed by atoms with Crippen LogP contribution in [0.4, 0.5) is 11.6 Å². The molecule has 0 fully saturated rings. The molecule has 0 N–H and O–H groups in total. The number of hydrogen-bond donors (Lipinski definition) is 0. The minimum Gasteiger partial charge on any atom is -0.497 e. The molecule has 1 aliphatic heterocycles. The van der Waals surface area contributed by atoms with Gasteiger partial charge in [-0.25, -0.2) is 15.0 Å². The Morgan fingerprint density at radius 1 is 1.14 bits per heavy atom. The van der Waals surface area contributed by atoms with Crippen LogP contribution < -0.4 is 14.5 Å². The van der Waals surface area contributed by atoms with E-state index >= 15 is 0 Å². The van der Waals surface area contributed by atoms with Gasteiger partial charge in [0.15, 0.2) is 0 Å². The molecular formula is C22H25N5O. The largest absolute Gasteiger partial charge is 0.497 e. The van der Waals surface area contributed by atoms with Crippen molar-refractivity contribution in [2.45, 2.75) is 26.4 Å². The fraction of sp³-hybridized carbons (Fsp3) is 0.318. The Morgan fingerprint density at radius 3 is 2.82 bits per heavy atom. The van der Waals surface area contributed by atoms with Gasteiger partial charge in [-0.2, -0.15) is 0 Å². The van der Waals surface area contributed by atoms with Crippen molar-refractivity contribution in [3.8, 4) is 5.75 Å². The van der Waals surface area contributed by atoms with E-state index in [1.54, 1.807) is 13.4 Å². The number of nitrogens with zero attached hydrogens (tertiary/aromatic N) is 5. The molecule has 2 aromatic heterocycles. The molecule has 0 saturated carbocycles. The molecule has 3 aromatic rings. The van der Waals surface area contributed by atoms with Crippen molar-refractivity contribution in [2.75, 3.05) is 30.5 Å². The second kappa shape index (κ2) is 7.84. The summed E-state index contributed by atoms with van der Waals surface area (Å²) in [6.07, 6.45) is 4.49. The molecule has 28 heavy (non-hydrogen) atoms. The number of ether oxygens (including phenoxy) is 1. The molecule has 0 saturated heterocycles. The third kappa shape index (κ3) is 3.76. The molecule has 1 aromatic carbocycles. The predicted octanol–water partition coefficient (Wildman–Crippen LogP) is 3.39. The first-order chi connectivity index (χ1) is 13.6. The van der Waals surface area contributed by atoms with Crippen LogP contribution in [0.25, 0.3) is 0 Å². The van der Waals surface area contributed by atoms with Crippen LogP contribution in [0, 0.1) is 6.92 Å². The fourth-order valence-corrected chi connectivity index (χ4v) is 3.62. The van der Waals surface area contributed by atoms with Crippen molar-refractivity contribution in [3.05, 3.63) is 71.3 Å². The van der Waals surface area contributed by atoms with Gasteiger partial charge in [0.05, 0.1) is 12.8 Å². The van der Waals surface area contributed by atoms with Gasteiger partial charge in [0.2, 0.25) is 0 Å². The first kappa shape index (κ1) is 18.2. The first-order valence-corrected chi connectivity index (χ1v) is 9.48. The van der Waals surface area contributed by atoms with Crippen LogP contribution in [0.2, 0.25) is 0 Å². The third-order valence-corrected chi connectivity index (χ3v) is 5.11. The average molecular weight is 375 g/mol. The number of pyridine rings is 1. The van der Waals surface area contributed by atoms with Crippen molar-refractivity contribution < 1.29 is 4.74 Å². The number of methoxy groups -OCH3 is 1. The highest BCUT2D eigenvalue weighted by atomic mass is 16.5. The highest BCUT2D eigenvalue weighted by Gasteiger charge is 2.23. The lowest BCUT2D eigenvalue weighted by Crippen LogP contribution is -2.33. The summed E-state index contributed by atoms with van der Waals surface area (Å²) < 4.78 is 5.35. The molecule has 0 radical (unpaired) electrons. The van der Waals surface area contributed by atoms with Crippen molar-refractivity contribution in [2.24, 2.45) is 0 Å². The van der Waals surface area contributed by atoms with E-state index in [0.717, 1.165) is 49.1 Å². The standard InChI is InChI=1S/C22H25N5O/c1-16-7-8-21(23-12-16)27-10-9-20-19(14-27)22(25-15-24-20)26(2)13-17-5-4-6-18(11-17)28-3/h4-8,11-12,15H,9-10,13-14H2,1-3H3. The summed E-state index contributed by atoms with van der Waals surface area (Å²) in [5, 5.41) is 0. The number of benzene rings is 1. The monoisotopic (exact) mass is 375 g/mol. The van der Waals surface area contributed by atoms with Gasteiger partial charge in [0.25, 0.3) is 0 Å². The Morgan fingerprint density at radius 2 is 2.04 bits per heavy atom. The summed E-state index contributed by atoms with van der Waals surface area (Å²) in [7, 11) is 3.77. The lowest BCUT2D eigenvalue weighted by atomic mass is 10.1. The molecule has 6 heteroatoms. The maximum Gasteiger partial charge on any atom is 0.137 e. The molecule has 144 valence electrons. The molecule has 0 atom stereocenters. The maximum absolute atomic E-state index is 5.35. The second-order valence-corrected chi connectivity index (χ2v) is 7.20. The summed E-state index contributed by atoms with van der Waals surface area (Å²) in [6, 6.07) is 12.3. The maximum atomic E-state index is 5.35. The van der Waals surface area contributed by atoms with Crippen LogP contribution in [0.1, 0.15) is 22.4 Å². The number of anilines is 2. The van der Waals surface area contributed by atoms with E-state index in [9.17, 15) is 0 Å². The van der Waals surface area contributed by atoms with Crippen molar-refractivity contribution in [3.63, 3.8) is 0 Å². The highest BCUT2D eigenvalue weighted by Crippen LogP contribution is 2.28. The first-order valence-electron chi connectivity index (χ1n) is 9.48. The predicted molar refractivity (Wildman–Crippen MR) is 111 cm³/mol. The molecule has 0 spiro atoms. The van der Waals surface area contributed by atoms with Crippen LogP contribution in [0.15, 0.2) is 48.9 Å². The Kier molecular flexibility index (Phi) is 5.10. The van der Waals surface area contributed by atoms with Crippen LogP contribution >= 0.6 is 0 Å². The molecular weight excluding hydrogens is 350 g/mol. The van der Waals surface area contributed by atoms with Gasteiger partial charge in [0, 0.05) is 44.9 Å². The SMILES string of the molecule is COc1cccc(CN(C)c2ncnc3c2CN(c2ccc(C)cn2)CC3)c1. The van der Waals surface area contributed by atoms with E-state index in [0.29, 0.717) is 0 Å². The van der Waals surface area contributed by atoms with E-state index in [1.807, 2.05) is 18.3 Å². The van der Waals surface area contributed by atoms with Crippen LogP contribution in [-0.4, -0.2) is 35.7 Å². The van der Waals surface area contributed by atoms with E-state index in [4.69, 9.17) is 4.74 Å². The summed E-state index contributed by atoms with van der Waals surface area (Å²) in [6.45, 7) is 4.49. The normalized spacial score (nSPS) is 13.2. The van der Waals surface area contributed by atoms with Gasteiger partial charge in [0.1, 0.15) is 23.7 Å². The Balaban J connectivity index is 1.58. The minimum atomic E-state index is 0.753. The zero-order valence-corrected chi connectivity index (χ0v) is 16.6. The Hall–Kier alpha value is -3.15. The van der Waals surface area contributed by atoms with Crippen molar-refractivity contribution in [1.29, 1.82) is 0 Å². The molecule has 0 aliphatic carbocycles. The van der Waals surface area contributed by atoms with E-state index in [1.165, 1.54) is 16.7 Å². The van der Waals surface area contributed by atoms with E-state index in [2.05, 4.69) is 63.0 Å².